The summed E-state index contributed by atoms with van der Waals surface area (Å²) in [4.78, 5) is 4.77. The average molecular weight is 499 g/mol. The van der Waals surface area contributed by atoms with Crippen molar-refractivity contribution in [3.63, 3.8) is 0 Å². The molecule has 0 bridgehead atoms. The highest BCUT2D eigenvalue weighted by molar-refractivity contribution is 7.98. The molecule has 4 aromatic rings. The minimum absolute atomic E-state index is 0.237. The zero-order valence-electron chi connectivity index (χ0n) is 20.5. The zero-order chi connectivity index (χ0) is 24.8. The fourth-order valence-corrected chi connectivity index (χ4v) is 5.26. The topological polar surface area (TPSA) is 70.4 Å². The largest absolute Gasteiger partial charge is 0.497 e. The fraction of sp³-hybridized carbons (Fsp3) is 0.214. The number of benzene rings is 3. The number of para-hydroxylation sites is 1. The minimum Gasteiger partial charge on any atom is -0.497 e. The van der Waals surface area contributed by atoms with Crippen molar-refractivity contribution in [1.29, 1.82) is 0 Å². The van der Waals surface area contributed by atoms with Crippen LogP contribution in [-0.2, 0) is 0 Å². The maximum atomic E-state index is 6.75. The Morgan fingerprint density at radius 3 is 2.56 bits per heavy atom. The van der Waals surface area contributed by atoms with Crippen LogP contribution in [0, 0.1) is 6.92 Å². The number of aryl methyl sites for hydroxylation is 1. The molecule has 0 fully saturated rings. The van der Waals surface area contributed by atoms with Crippen LogP contribution in [-0.4, -0.2) is 35.2 Å². The van der Waals surface area contributed by atoms with Crippen molar-refractivity contribution < 1.29 is 14.2 Å². The summed E-state index contributed by atoms with van der Waals surface area (Å²) in [5.41, 5.74) is 6.18. The van der Waals surface area contributed by atoms with Gasteiger partial charge in [0.2, 0.25) is 11.1 Å². The number of methoxy groups -OCH3 is 2. The van der Waals surface area contributed by atoms with Gasteiger partial charge in [-0.2, -0.15) is 4.98 Å². The van der Waals surface area contributed by atoms with Crippen LogP contribution in [0.1, 0.15) is 34.4 Å². The third-order valence-corrected chi connectivity index (χ3v) is 7.19. The van der Waals surface area contributed by atoms with E-state index in [9.17, 15) is 0 Å². The van der Waals surface area contributed by atoms with E-state index in [-0.39, 0.29) is 6.04 Å². The van der Waals surface area contributed by atoms with Gasteiger partial charge in [-0.25, -0.2) is 4.68 Å². The van der Waals surface area contributed by atoms with Crippen molar-refractivity contribution in [3.8, 4) is 17.2 Å². The Morgan fingerprint density at radius 2 is 1.81 bits per heavy atom. The molecule has 36 heavy (non-hydrogen) atoms. The van der Waals surface area contributed by atoms with Crippen molar-refractivity contribution in [2.24, 2.45) is 0 Å². The van der Waals surface area contributed by atoms with Gasteiger partial charge in [-0.3, -0.25) is 0 Å². The number of thioether (sulfide) groups is 1. The third kappa shape index (κ3) is 3.60. The molecule has 0 spiro atoms. The predicted molar refractivity (Wildman–Crippen MR) is 141 cm³/mol. The van der Waals surface area contributed by atoms with Gasteiger partial charge in [0.15, 0.2) is 6.10 Å². The summed E-state index contributed by atoms with van der Waals surface area (Å²) in [6.45, 7) is 2.09. The molecule has 0 unspecified atom stereocenters. The molecule has 7 nitrogen and oxygen atoms in total. The van der Waals surface area contributed by atoms with Crippen LogP contribution in [0.4, 0.5) is 5.95 Å². The van der Waals surface area contributed by atoms with E-state index in [1.165, 1.54) is 17.3 Å². The Bertz CT molecular complexity index is 1480. The second kappa shape index (κ2) is 8.95. The third-order valence-electron chi connectivity index (χ3n) is 6.66. The molecule has 2 atom stereocenters. The Balaban J connectivity index is 1.64. The van der Waals surface area contributed by atoms with Crippen molar-refractivity contribution in [1.82, 2.24) is 14.8 Å². The van der Waals surface area contributed by atoms with Gasteiger partial charge < -0.3 is 19.5 Å². The van der Waals surface area contributed by atoms with Gasteiger partial charge in [0.1, 0.15) is 23.3 Å². The number of nitrogens with zero attached hydrogens (tertiary/aromatic N) is 3. The number of aromatic nitrogens is 3. The summed E-state index contributed by atoms with van der Waals surface area (Å²) >= 11 is 1.52. The molecule has 2 aliphatic heterocycles. The molecule has 6 rings (SSSR count). The van der Waals surface area contributed by atoms with E-state index in [4.69, 9.17) is 24.3 Å². The van der Waals surface area contributed by atoms with E-state index in [1.807, 2.05) is 47.3 Å². The van der Waals surface area contributed by atoms with Crippen molar-refractivity contribution in [2.45, 2.75) is 24.2 Å². The van der Waals surface area contributed by atoms with Gasteiger partial charge in [-0.05, 0) is 49.1 Å². The molecule has 3 aromatic carbocycles. The Labute approximate surface area is 214 Å². The molecule has 2 aliphatic rings. The number of nitrogens with one attached hydrogen (secondary N) is 1. The zero-order valence-corrected chi connectivity index (χ0v) is 21.3. The molecule has 0 radical (unpaired) electrons. The van der Waals surface area contributed by atoms with Gasteiger partial charge in [-0.15, -0.1) is 5.10 Å². The van der Waals surface area contributed by atoms with E-state index in [2.05, 4.69) is 42.6 Å². The summed E-state index contributed by atoms with van der Waals surface area (Å²) in [6.07, 6.45) is 1.53. The molecule has 1 aromatic heterocycles. The summed E-state index contributed by atoms with van der Waals surface area (Å²) in [5.74, 6) is 2.96. The highest BCUT2D eigenvalue weighted by atomic mass is 32.2. The molecule has 0 amide bonds. The number of hydrogen-bond donors (Lipinski definition) is 1. The molecular weight excluding hydrogens is 472 g/mol. The lowest BCUT2D eigenvalue weighted by Crippen LogP contribution is -2.32. The van der Waals surface area contributed by atoms with Crippen LogP contribution < -0.4 is 19.5 Å². The van der Waals surface area contributed by atoms with E-state index in [0.717, 1.165) is 45.2 Å². The Hall–Kier alpha value is -3.91. The number of rotatable bonds is 5. The van der Waals surface area contributed by atoms with Crippen molar-refractivity contribution in [2.75, 3.05) is 25.8 Å². The van der Waals surface area contributed by atoms with E-state index in [0.29, 0.717) is 11.1 Å². The predicted octanol–water partition coefficient (Wildman–Crippen LogP) is 5.89. The van der Waals surface area contributed by atoms with Gasteiger partial charge in [0, 0.05) is 16.7 Å². The number of anilines is 1. The lowest BCUT2D eigenvalue weighted by atomic mass is 9.84. The smallest absolute Gasteiger partial charge is 0.227 e. The van der Waals surface area contributed by atoms with Gasteiger partial charge in [0.05, 0.1) is 19.9 Å². The molecule has 0 saturated carbocycles. The normalized spacial score (nSPS) is 17.9. The molecule has 0 aliphatic carbocycles. The first kappa shape index (κ1) is 22.5. The van der Waals surface area contributed by atoms with Crippen LogP contribution >= 0.6 is 11.8 Å². The minimum atomic E-state index is -0.450. The molecule has 8 heteroatoms. The lowest BCUT2D eigenvalue weighted by Gasteiger charge is -2.39. The number of ether oxygens (including phenoxy) is 3. The van der Waals surface area contributed by atoms with Gasteiger partial charge in [-0.1, -0.05) is 53.7 Å². The highest BCUT2D eigenvalue weighted by Crippen LogP contribution is 2.52. The van der Waals surface area contributed by atoms with E-state index >= 15 is 0 Å². The summed E-state index contributed by atoms with van der Waals surface area (Å²) in [7, 11) is 3.34. The van der Waals surface area contributed by atoms with E-state index in [1.54, 1.807) is 14.2 Å². The summed E-state index contributed by atoms with van der Waals surface area (Å²) in [5, 5.41) is 9.16. The SMILES string of the molecule is COc1ccc(OC)c([C@@H]2Oc3ccccc3C3=C2[C@H](c2ccc(C)cc2)n2nc(SC)nc2N3)c1. The van der Waals surface area contributed by atoms with Crippen molar-refractivity contribution >= 4 is 23.4 Å². The number of hydrogen-bond acceptors (Lipinski definition) is 7. The molecule has 1 N–H and O–H groups in total. The van der Waals surface area contributed by atoms with Crippen LogP contribution in [0.5, 0.6) is 17.2 Å². The first-order valence-corrected chi connectivity index (χ1v) is 12.9. The quantitative estimate of drug-likeness (QED) is 0.344. The van der Waals surface area contributed by atoms with Crippen LogP contribution in [0.25, 0.3) is 5.70 Å². The molecule has 3 heterocycles. The Morgan fingerprint density at radius 1 is 1.00 bits per heavy atom. The standard InChI is InChI=1S/C28H26N4O3S/c1-16-9-11-17(12-10-16)25-23-24(29-27-30-28(36-4)31-32(25)27)19-7-5-6-8-22(19)35-26(23)20-15-18(33-2)13-14-21(20)34-3/h5-15,25-26H,1-4H3,(H,29,30,31)/t25-,26-/m0/s1. The lowest BCUT2D eigenvalue weighted by molar-refractivity contribution is 0.217. The first-order valence-electron chi connectivity index (χ1n) is 11.7. The summed E-state index contributed by atoms with van der Waals surface area (Å²) < 4.78 is 20.1. The molecular formula is C28H26N4O3S. The molecule has 182 valence electrons. The van der Waals surface area contributed by atoms with Crippen molar-refractivity contribution in [3.05, 3.63) is 94.6 Å². The maximum Gasteiger partial charge on any atom is 0.227 e. The van der Waals surface area contributed by atoms with Crippen LogP contribution in [0.3, 0.4) is 0 Å². The monoisotopic (exact) mass is 498 g/mol. The van der Waals surface area contributed by atoms with Gasteiger partial charge >= 0.3 is 0 Å². The average Bonchev–Trinajstić information content (AvgIpc) is 3.34. The second-order valence-corrected chi connectivity index (χ2v) is 9.51. The maximum absolute atomic E-state index is 6.75. The molecule has 0 saturated heterocycles. The Kier molecular flexibility index (Phi) is 5.60. The second-order valence-electron chi connectivity index (χ2n) is 8.74. The van der Waals surface area contributed by atoms with Gasteiger partial charge in [0.25, 0.3) is 0 Å². The first-order chi connectivity index (χ1) is 17.6. The highest BCUT2D eigenvalue weighted by Gasteiger charge is 2.42. The fourth-order valence-electron chi connectivity index (χ4n) is 4.92. The number of fused-ring (bicyclic) bond motifs is 3. The van der Waals surface area contributed by atoms with Crippen LogP contribution in [0.15, 0.2) is 77.5 Å². The van der Waals surface area contributed by atoms with Crippen LogP contribution in [0.2, 0.25) is 0 Å². The summed E-state index contributed by atoms with van der Waals surface area (Å²) in [6, 6.07) is 22.2. The van der Waals surface area contributed by atoms with E-state index < -0.39 is 6.10 Å².